The number of alkyl halides is 1. The minimum Gasteiger partial charge on any atom is -0.281 e. The largest absolute Gasteiger partial charge is 0.281 e. The molecule has 17 heavy (non-hydrogen) atoms. The highest BCUT2D eigenvalue weighted by molar-refractivity contribution is 9.09. The average molecular weight is 322 g/mol. The molecule has 1 fully saturated rings. The number of sulfonamides is 1. The quantitative estimate of drug-likeness (QED) is 0.807. The Hall–Kier alpha value is -0.400. The summed E-state index contributed by atoms with van der Waals surface area (Å²) in [5.41, 5.74) is 1.22. The van der Waals surface area contributed by atoms with E-state index in [-0.39, 0.29) is 10.3 Å². The third-order valence-electron chi connectivity index (χ3n) is 3.21. The van der Waals surface area contributed by atoms with Crippen molar-refractivity contribution in [2.75, 3.05) is 11.9 Å². The van der Waals surface area contributed by atoms with Gasteiger partial charge in [-0.2, -0.15) is 5.10 Å². The lowest BCUT2D eigenvalue weighted by Gasteiger charge is -2.13. The molecule has 0 aromatic carbocycles. The van der Waals surface area contributed by atoms with Crippen LogP contribution >= 0.6 is 15.9 Å². The Morgan fingerprint density at radius 3 is 2.53 bits per heavy atom. The molecule has 1 aromatic heterocycles. The fourth-order valence-corrected chi connectivity index (χ4v) is 4.07. The van der Waals surface area contributed by atoms with Crippen LogP contribution in [-0.4, -0.2) is 30.5 Å². The van der Waals surface area contributed by atoms with E-state index in [1.165, 1.54) is 0 Å². The first-order valence-electron chi connectivity index (χ1n) is 5.47. The maximum Gasteiger partial charge on any atom is 0.244 e. The Morgan fingerprint density at radius 2 is 2.12 bits per heavy atom. The van der Waals surface area contributed by atoms with Crippen LogP contribution in [0, 0.1) is 19.3 Å². The first-order chi connectivity index (χ1) is 7.90. The minimum absolute atomic E-state index is 0.124. The summed E-state index contributed by atoms with van der Waals surface area (Å²) in [6, 6.07) is 0. The normalized spacial score (nSPS) is 18.3. The molecule has 7 heteroatoms. The molecule has 0 bridgehead atoms. The van der Waals surface area contributed by atoms with Gasteiger partial charge < -0.3 is 0 Å². The van der Waals surface area contributed by atoms with Crippen molar-refractivity contribution in [2.24, 2.45) is 5.41 Å². The maximum atomic E-state index is 12.1. The van der Waals surface area contributed by atoms with Crippen molar-refractivity contribution in [3.05, 3.63) is 11.4 Å². The summed E-state index contributed by atoms with van der Waals surface area (Å²) >= 11 is 3.43. The van der Waals surface area contributed by atoms with E-state index in [4.69, 9.17) is 0 Å². The first kappa shape index (κ1) is 13.0. The van der Waals surface area contributed by atoms with Gasteiger partial charge in [0.05, 0.1) is 11.4 Å². The van der Waals surface area contributed by atoms with Gasteiger partial charge in [-0.05, 0) is 32.1 Å². The number of halogens is 1. The van der Waals surface area contributed by atoms with E-state index in [1.54, 1.807) is 13.8 Å². The molecule has 0 unspecified atom stereocenters. The van der Waals surface area contributed by atoms with Gasteiger partial charge in [-0.25, -0.2) is 13.1 Å². The zero-order chi connectivity index (χ0) is 12.7. The monoisotopic (exact) mass is 321 g/mol. The number of aromatic amines is 1. The summed E-state index contributed by atoms with van der Waals surface area (Å²) in [5, 5.41) is 7.44. The summed E-state index contributed by atoms with van der Waals surface area (Å²) in [6.45, 7) is 3.89. The van der Waals surface area contributed by atoms with E-state index in [1.807, 2.05) is 0 Å². The van der Waals surface area contributed by atoms with Crippen molar-refractivity contribution in [1.29, 1.82) is 0 Å². The zero-order valence-corrected chi connectivity index (χ0v) is 12.3. The second-order valence-corrected chi connectivity index (χ2v) is 6.99. The molecular weight excluding hydrogens is 306 g/mol. The molecule has 1 saturated carbocycles. The number of hydrogen-bond acceptors (Lipinski definition) is 3. The second-order valence-electron chi connectivity index (χ2n) is 4.72. The molecule has 1 heterocycles. The van der Waals surface area contributed by atoms with E-state index in [0.29, 0.717) is 17.9 Å². The van der Waals surface area contributed by atoms with Crippen molar-refractivity contribution in [2.45, 2.75) is 31.6 Å². The lowest BCUT2D eigenvalue weighted by molar-refractivity contribution is 0.537. The molecule has 0 radical (unpaired) electrons. The van der Waals surface area contributed by atoms with Gasteiger partial charge in [0.15, 0.2) is 0 Å². The Bertz CT molecular complexity index is 500. The summed E-state index contributed by atoms with van der Waals surface area (Å²) in [5.74, 6) is 0. The van der Waals surface area contributed by atoms with Crippen LogP contribution in [0.4, 0.5) is 0 Å². The third kappa shape index (κ3) is 2.56. The molecule has 0 saturated heterocycles. The van der Waals surface area contributed by atoms with Gasteiger partial charge in [0.2, 0.25) is 10.0 Å². The molecule has 2 rings (SSSR count). The fraction of sp³-hybridized carbons (Fsp3) is 0.700. The van der Waals surface area contributed by atoms with Crippen LogP contribution in [0.3, 0.4) is 0 Å². The maximum absolute atomic E-state index is 12.1. The van der Waals surface area contributed by atoms with Crippen LogP contribution in [0.25, 0.3) is 0 Å². The molecule has 96 valence electrons. The molecule has 1 aromatic rings. The van der Waals surface area contributed by atoms with Gasteiger partial charge in [-0.3, -0.25) is 5.10 Å². The average Bonchev–Trinajstić information content (AvgIpc) is 2.97. The standard InChI is InChI=1S/C10H16BrN3O2S/c1-7-9(8(2)14-13-7)17(15,16)12-6-10(5-11)3-4-10/h12H,3-6H2,1-2H3,(H,13,14). The summed E-state index contributed by atoms with van der Waals surface area (Å²) in [7, 11) is -3.45. The van der Waals surface area contributed by atoms with E-state index < -0.39 is 10.0 Å². The predicted molar refractivity (Wildman–Crippen MR) is 68.7 cm³/mol. The number of H-pyrrole nitrogens is 1. The smallest absolute Gasteiger partial charge is 0.244 e. The molecule has 0 amide bonds. The second kappa shape index (κ2) is 4.37. The molecular formula is C10H16BrN3O2S. The lowest BCUT2D eigenvalue weighted by Crippen LogP contribution is -2.31. The number of nitrogens with one attached hydrogen (secondary N) is 2. The third-order valence-corrected chi connectivity index (χ3v) is 6.06. The van der Waals surface area contributed by atoms with E-state index in [9.17, 15) is 8.42 Å². The SMILES string of the molecule is Cc1n[nH]c(C)c1S(=O)(=O)NCC1(CBr)CC1. The van der Waals surface area contributed by atoms with Gasteiger partial charge in [0, 0.05) is 11.9 Å². The molecule has 0 spiro atoms. The fourth-order valence-electron chi connectivity index (χ4n) is 1.79. The van der Waals surface area contributed by atoms with Gasteiger partial charge in [0.1, 0.15) is 4.90 Å². The highest BCUT2D eigenvalue weighted by atomic mass is 79.9. The Morgan fingerprint density at radius 1 is 1.47 bits per heavy atom. The predicted octanol–water partition coefficient (Wildman–Crippen LogP) is 1.48. The van der Waals surface area contributed by atoms with Crippen molar-refractivity contribution in [3.8, 4) is 0 Å². The minimum atomic E-state index is -3.45. The van der Waals surface area contributed by atoms with Crippen molar-refractivity contribution in [1.82, 2.24) is 14.9 Å². The lowest BCUT2D eigenvalue weighted by atomic mass is 10.1. The number of hydrogen-bond donors (Lipinski definition) is 2. The highest BCUT2D eigenvalue weighted by Gasteiger charge is 2.42. The highest BCUT2D eigenvalue weighted by Crippen LogP contribution is 2.46. The van der Waals surface area contributed by atoms with Crippen LogP contribution in [0.15, 0.2) is 4.90 Å². The van der Waals surface area contributed by atoms with Crippen molar-refractivity contribution in [3.63, 3.8) is 0 Å². The Balaban J connectivity index is 2.15. The summed E-state index contributed by atoms with van der Waals surface area (Å²) in [6.07, 6.45) is 2.15. The Kier molecular flexibility index (Phi) is 3.35. The molecule has 2 N–H and O–H groups in total. The van der Waals surface area contributed by atoms with E-state index in [2.05, 4.69) is 30.8 Å². The van der Waals surface area contributed by atoms with Crippen LogP contribution in [0.2, 0.25) is 0 Å². The number of aryl methyl sites for hydroxylation is 2. The van der Waals surface area contributed by atoms with Gasteiger partial charge in [-0.1, -0.05) is 15.9 Å². The summed E-state index contributed by atoms with van der Waals surface area (Å²) in [4.78, 5) is 0.280. The van der Waals surface area contributed by atoms with E-state index >= 15 is 0 Å². The molecule has 0 aliphatic heterocycles. The van der Waals surface area contributed by atoms with Crippen LogP contribution in [-0.2, 0) is 10.0 Å². The van der Waals surface area contributed by atoms with Crippen molar-refractivity contribution < 1.29 is 8.42 Å². The number of rotatable bonds is 5. The molecule has 0 atom stereocenters. The van der Waals surface area contributed by atoms with Gasteiger partial charge in [-0.15, -0.1) is 0 Å². The summed E-state index contributed by atoms with van der Waals surface area (Å²) < 4.78 is 27.0. The Labute approximate surface area is 110 Å². The first-order valence-corrected chi connectivity index (χ1v) is 8.08. The topological polar surface area (TPSA) is 74.8 Å². The van der Waals surface area contributed by atoms with Gasteiger partial charge >= 0.3 is 0 Å². The van der Waals surface area contributed by atoms with Crippen LogP contribution in [0.1, 0.15) is 24.2 Å². The number of nitrogens with zero attached hydrogens (tertiary/aromatic N) is 1. The molecule has 5 nitrogen and oxygen atoms in total. The molecule has 1 aliphatic rings. The van der Waals surface area contributed by atoms with Crippen molar-refractivity contribution >= 4 is 26.0 Å². The van der Waals surface area contributed by atoms with Gasteiger partial charge in [0.25, 0.3) is 0 Å². The van der Waals surface area contributed by atoms with Crippen LogP contribution in [0.5, 0.6) is 0 Å². The van der Waals surface area contributed by atoms with E-state index in [0.717, 1.165) is 18.2 Å². The molecule has 1 aliphatic carbocycles. The van der Waals surface area contributed by atoms with Crippen LogP contribution < -0.4 is 4.72 Å². The zero-order valence-electron chi connectivity index (χ0n) is 9.88. The number of aromatic nitrogens is 2.